The molecule has 0 aromatic rings. The Morgan fingerprint density at radius 2 is 1.85 bits per heavy atom. The van der Waals surface area contributed by atoms with E-state index in [2.05, 4.69) is 33.5 Å². The van der Waals surface area contributed by atoms with E-state index in [1.165, 1.54) is 32.1 Å². The number of fused-ring (bicyclic) bond motifs is 2. The van der Waals surface area contributed by atoms with Crippen LogP contribution in [0.3, 0.4) is 0 Å². The fourth-order valence-electron chi connectivity index (χ4n) is 6.24. The highest BCUT2D eigenvalue weighted by molar-refractivity contribution is 8.00. The van der Waals surface area contributed by atoms with Crippen LogP contribution in [-0.2, 0) is 0 Å². The van der Waals surface area contributed by atoms with E-state index in [0.717, 1.165) is 31.1 Å². The van der Waals surface area contributed by atoms with Gasteiger partial charge in [-0.3, -0.25) is 0 Å². The van der Waals surface area contributed by atoms with Crippen LogP contribution in [0.1, 0.15) is 64.7 Å². The van der Waals surface area contributed by atoms with Crippen molar-refractivity contribution < 1.29 is 4.39 Å². The molecule has 3 saturated heterocycles. The molecule has 5 nitrogen and oxygen atoms in total. The van der Waals surface area contributed by atoms with Gasteiger partial charge >= 0.3 is 0 Å². The summed E-state index contributed by atoms with van der Waals surface area (Å²) in [5.41, 5.74) is 11.1. The van der Waals surface area contributed by atoms with Gasteiger partial charge in [0.05, 0.1) is 11.5 Å². The molecular formula is C19H34FN5S. The molecule has 7 heteroatoms. The highest BCUT2D eigenvalue weighted by Gasteiger charge is 2.50. The number of hydrazine groups is 2. The normalized spacial score (nSPS) is 52.6. The number of hydrogen-bond donors (Lipinski definition) is 4. The Kier molecular flexibility index (Phi) is 5.22. The lowest BCUT2D eigenvalue weighted by atomic mass is 9.71. The summed E-state index contributed by atoms with van der Waals surface area (Å²) in [6.07, 6.45) is 9.97. The quantitative estimate of drug-likeness (QED) is 0.588. The minimum absolute atomic E-state index is 0.220. The Bertz CT molecular complexity index is 510. The van der Waals surface area contributed by atoms with Gasteiger partial charge in [-0.25, -0.2) is 20.7 Å². The molecule has 0 spiro atoms. The van der Waals surface area contributed by atoms with E-state index in [-0.39, 0.29) is 11.7 Å². The predicted molar refractivity (Wildman–Crippen MR) is 104 cm³/mol. The van der Waals surface area contributed by atoms with Gasteiger partial charge < -0.3 is 5.32 Å². The average Bonchev–Trinajstić information content (AvgIpc) is 3.21. The van der Waals surface area contributed by atoms with Gasteiger partial charge in [0.15, 0.2) is 0 Å². The largest absolute Gasteiger partial charge is 0.311 e. The van der Waals surface area contributed by atoms with Crippen LogP contribution < -0.4 is 21.6 Å². The standard InChI is InChI=1S/C19H34FN5S/c1-11-9-15(14-7-2-3-8-16(14)21-11)18-24-25-17(22-23-19(25)26-18)12-5-4-6-13(20)10-12/h11-19,21-24H,2-10H2,1H3. The van der Waals surface area contributed by atoms with Crippen molar-refractivity contribution in [3.8, 4) is 0 Å². The molecule has 4 N–H and O–H groups in total. The fourth-order valence-corrected chi connectivity index (χ4v) is 7.68. The van der Waals surface area contributed by atoms with Crippen LogP contribution in [0.25, 0.3) is 0 Å². The first-order valence-corrected chi connectivity index (χ1v) is 11.7. The summed E-state index contributed by atoms with van der Waals surface area (Å²) in [5, 5.41) is 6.73. The molecule has 0 radical (unpaired) electrons. The van der Waals surface area contributed by atoms with Gasteiger partial charge in [0.2, 0.25) is 0 Å². The van der Waals surface area contributed by atoms with Gasteiger partial charge in [-0.2, -0.15) is 5.01 Å². The molecule has 0 bridgehead atoms. The summed E-state index contributed by atoms with van der Waals surface area (Å²) in [6.45, 7) is 2.35. The third kappa shape index (κ3) is 3.33. The summed E-state index contributed by atoms with van der Waals surface area (Å²) in [7, 11) is 0. The van der Waals surface area contributed by atoms with Crippen LogP contribution in [0.15, 0.2) is 0 Å². The third-order valence-electron chi connectivity index (χ3n) is 7.44. The van der Waals surface area contributed by atoms with Crippen LogP contribution in [0.2, 0.25) is 0 Å². The summed E-state index contributed by atoms with van der Waals surface area (Å²) < 4.78 is 13.9. The number of hydrogen-bond acceptors (Lipinski definition) is 6. The maximum Gasteiger partial charge on any atom is 0.136 e. The Balaban J connectivity index is 1.27. The van der Waals surface area contributed by atoms with Gasteiger partial charge in [0, 0.05) is 12.1 Å². The molecule has 9 unspecified atom stereocenters. The van der Waals surface area contributed by atoms with Gasteiger partial charge in [0.1, 0.15) is 11.7 Å². The highest BCUT2D eigenvalue weighted by atomic mass is 32.2. The third-order valence-corrected chi connectivity index (χ3v) is 8.79. The van der Waals surface area contributed by atoms with E-state index in [0.29, 0.717) is 29.8 Å². The number of piperidine rings is 1. The van der Waals surface area contributed by atoms with Crippen molar-refractivity contribution in [1.29, 1.82) is 0 Å². The molecule has 0 aromatic heterocycles. The fraction of sp³-hybridized carbons (Fsp3) is 1.00. The Morgan fingerprint density at radius 3 is 2.73 bits per heavy atom. The molecule has 26 heavy (non-hydrogen) atoms. The van der Waals surface area contributed by atoms with E-state index in [4.69, 9.17) is 0 Å². The van der Waals surface area contributed by atoms with Gasteiger partial charge in [0.25, 0.3) is 0 Å². The zero-order valence-electron chi connectivity index (χ0n) is 15.8. The van der Waals surface area contributed by atoms with Crippen molar-refractivity contribution in [1.82, 2.24) is 26.6 Å². The first-order valence-electron chi connectivity index (χ1n) is 10.8. The molecular weight excluding hydrogens is 349 g/mol. The van der Waals surface area contributed by atoms with Crippen molar-refractivity contribution in [2.75, 3.05) is 0 Å². The number of rotatable bonds is 2. The molecule has 0 amide bonds. The number of halogens is 1. The molecule has 5 aliphatic rings. The molecule has 148 valence electrons. The van der Waals surface area contributed by atoms with E-state index >= 15 is 0 Å². The summed E-state index contributed by atoms with van der Waals surface area (Å²) in [4.78, 5) is 0. The first-order chi connectivity index (χ1) is 12.7. The van der Waals surface area contributed by atoms with Gasteiger partial charge in [-0.15, -0.1) is 11.8 Å². The molecule has 9 atom stereocenters. The van der Waals surface area contributed by atoms with Crippen LogP contribution in [-0.4, -0.2) is 40.3 Å². The first kappa shape index (κ1) is 18.1. The van der Waals surface area contributed by atoms with Gasteiger partial charge in [-0.1, -0.05) is 19.3 Å². The summed E-state index contributed by atoms with van der Waals surface area (Å²) in [5.74, 6) is 1.94. The molecule has 2 saturated carbocycles. The van der Waals surface area contributed by atoms with Crippen LogP contribution in [0.5, 0.6) is 0 Å². The topological polar surface area (TPSA) is 51.4 Å². The van der Waals surface area contributed by atoms with E-state index in [1.54, 1.807) is 0 Å². The minimum atomic E-state index is -0.617. The number of nitrogens with zero attached hydrogens (tertiary/aromatic N) is 1. The maximum absolute atomic E-state index is 13.9. The molecule has 5 fully saturated rings. The molecule has 3 heterocycles. The molecule has 0 aromatic carbocycles. The molecule has 3 aliphatic heterocycles. The Labute approximate surface area is 160 Å². The second kappa shape index (κ2) is 7.48. The Morgan fingerprint density at radius 1 is 0.962 bits per heavy atom. The monoisotopic (exact) mass is 383 g/mol. The van der Waals surface area contributed by atoms with Crippen LogP contribution >= 0.6 is 11.8 Å². The van der Waals surface area contributed by atoms with Crippen LogP contribution in [0.4, 0.5) is 4.39 Å². The summed E-state index contributed by atoms with van der Waals surface area (Å²) in [6, 6.07) is 1.33. The number of thioether (sulfide) groups is 1. The van der Waals surface area contributed by atoms with E-state index in [9.17, 15) is 4.39 Å². The van der Waals surface area contributed by atoms with Crippen molar-refractivity contribution >= 4 is 11.8 Å². The van der Waals surface area contributed by atoms with E-state index < -0.39 is 6.17 Å². The zero-order chi connectivity index (χ0) is 17.7. The lowest BCUT2D eigenvalue weighted by molar-refractivity contribution is 0.0446. The lowest BCUT2D eigenvalue weighted by Crippen LogP contribution is -2.57. The maximum atomic E-state index is 13.9. The second-order valence-corrected chi connectivity index (χ2v) is 10.5. The average molecular weight is 384 g/mol. The van der Waals surface area contributed by atoms with Gasteiger partial charge in [-0.05, 0) is 63.2 Å². The SMILES string of the molecule is CC1CC(C2NN3C(NNC3C3CCCC(F)C3)S2)C2CCCCC2N1. The smallest absolute Gasteiger partial charge is 0.136 e. The second-order valence-electron chi connectivity index (χ2n) is 9.22. The summed E-state index contributed by atoms with van der Waals surface area (Å²) >= 11 is 2.03. The lowest BCUT2D eigenvalue weighted by Gasteiger charge is -2.47. The minimum Gasteiger partial charge on any atom is -0.311 e. The number of nitrogens with one attached hydrogen (secondary N) is 4. The van der Waals surface area contributed by atoms with Crippen molar-refractivity contribution in [2.45, 2.75) is 100 Å². The predicted octanol–water partition coefficient (Wildman–Crippen LogP) is 2.67. The van der Waals surface area contributed by atoms with Crippen molar-refractivity contribution in [3.05, 3.63) is 0 Å². The Hall–Kier alpha value is 0.0800. The van der Waals surface area contributed by atoms with Crippen molar-refractivity contribution in [2.24, 2.45) is 17.8 Å². The molecule has 5 rings (SSSR count). The number of alkyl halides is 1. The highest BCUT2D eigenvalue weighted by Crippen LogP contribution is 2.45. The van der Waals surface area contributed by atoms with Crippen LogP contribution in [0, 0.1) is 17.8 Å². The molecule has 2 aliphatic carbocycles. The zero-order valence-corrected chi connectivity index (χ0v) is 16.6. The van der Waals surface area contributed by atoms with E-state index in [1.807, 2.05) is 11.8 Å². The van der Waals surface area contributed by atoms with Crippen molar-refractivity contribution in [3.63, 3.8) is 0 Å².